The Labute approximate surface area is 113 Å². The molecule has 0 radical (unpaired) electrons. The molecule has 0 bridgehead atoms. The molecule has 96 valence electrons. The minimum absolute atomic E-state index is 0.155. The van der Waals surface area contributed by atoms with Gasteiger partial charge in [-0.15, -0.1) is 0 Å². The average Bonchev–Trinajstić information content (AvgIpc) is 2.76. The molecule has 0 fully saturated rings. The van der Waals surface area contributed by atoms with Crippen LogP contribution in [0.5, 0.6) is 5.19 Å². The fraction of sp³-hybridized carbons (Fsp3) is 0.400. The number of rotatable bonds is 2. The molecule has 0 aliphatic heterocycles. The van der Waals surface area contributed by atoms with Gasteiger partial charge in [0.25, 0.3) is 5.19 Å². The van der Waals surface area contributed by atoms with Gasteiger partial charge in [0.15, 0.2) is 0 Å². The molecule has 0 N–H and O–H groups in total. The van der Waals surface area contributed by atoms with E-state index in [4.69, 9.17) is 4.74 Å². The van der Waals surface area contributed by atoms with Crippen LogP contribution in [-0.2, 0) is 5.41 Å². The first-order valence-electron chi connectivity index (χ1n) is 6.03. The van der Waals surface area contributed by atoms with Gasteiger partial charge in [0.1, 0.15) is 0 Å². The third-order valence-electron chi connectivity index (χ3n) is 3.04. The highest BCUT2D eigenvalue weighted by molar-refractivity contribution is 7.11. The van der Waals surface area contributed by atoms with Crippen molar-refractivity contribution in [2.24, 2.45) is 0 Å². The Hall–Kier alpha value is -1.35. The highest BCUT2D eigenvalue weighted by atomic mass is 32.1. The Balaban J connectivity index is 2.49. The summed E-state index contributed by atoms with van der Waals surface area (Å²) in [4.78, 5) is 4.48. The first-order valence-corrected chi connectivity index (χ1v) is 6.91. The summed E-state index contributed by atoms with van der Waals surface area (Å²) >= 11 is 1.53. The molecule has 18 heavy (non-hydrogen) atoms. The van der Waals surface area contributed by atoms with Crippen LogP contribution in [0.2, 0.25) is 0 Å². The second kappa shape index (κ2) is 4.73. The zero-order chi connectivity index (χ0) is 13.3. The van der Waals surface area contributed by atoms with Gasteiger partial charge in [-0.1, -0.05) is 44.2 Å². The van der Waals surface area contributed by atoms with Crippen molar-refractivity contribution in [2.75, 3.05) is 7.11 Å². The second-order valence-electron chi connectivity index (χ2n) is 5.48. The maximum Gasteiger partial charge on any atom is 0.273 e. The minimum Gasteiger partial charge on any atom is -0.473 e. The Morgan fingerprint density at radius 1 is 1.22 bits per heavy atom. The monoisotopic (exact) mass is 261 g/mol. The first-order chi connectivity index (χ1) is 8.41. The van der Waals surface area contributed by atoms with E-state index in [-0.39, 0.29) is 5.41 Å². The van der Waals surface area contributed by atoms with E-state index in [1.54, 1.807) is 7.11 Å². The molecule has 1 aromatic carbocycles. The van der Waals surface area contributed by atoms with Crippen molar-refractivity contribution in [3.63, 3.8) is 0 Å². The average molecular weight is 261 g/mol. The predicted molar refractivity (Wildman–Crippen MR) is 77.5 cm³/mol. The number of ether oxygens (including phenoxy) is 1. The number of benzene rings is 1. The SMILES string of the molecule is COc1nc(-c2cc(C(C)(C)C)ccc2C)cs1. The highest BCUT2D eigenvalue weighted by Gasteiger charge is 2.16. The van der Waals surface area contributed by atoms with E-state index >= 15 is 0 Å². The van der Waals surface area contributed by atoms with E-state index in [1.807, 2.05) is 5.38 Å². The van der Waals surface area contributed by atoms with Gasteiger partial charge in [0.05, 0.1) is 12.8 Å². The molecular formula is C15H19NOS. The summed E-state index contributed by atoms with van der Waals surface area (Å²) in [5.41, 5.74) is 4.93. The summed E-state index contributed by atoms with van der Waals surface area (Å²) in [6, 6.07) is 6.61. The number of methoxy groups -OCH3 is 1. The summed E-state index contributed by atoms with van der Waals surface area (Å²) in [7, 11) is 1.65. The van der Waals surface area contributed by atoms with Gasteiger partial charge in [-0.05, 0) is 29.5 Å². The van der Waals surface area contributed by atoms with E-state index in [1.165, 1.54) is 28.0 Å². The third-order valence-corrected chi connectivity index (χ3v) is 3.84. The normalized spacial score (nSPS) is 11.6. The second-order valence-corrected chi connectivity index (χ2v) is 6.30. The van der Waals surface area contributed by atoms with E-state index in [9.17, 15) is 0 Å². The molecule has 3 heteroatoms. The Morgan fingerprint density at radius 2 is 1.94 bits per heavy atom. The summed E-state index contributed by atoms with van der Waals surface area (Å²) in [6.07, 6.45) is 0. The fourth-order valence-electron chi connectivity index (χ4n) is 1.84. The van der Waals surface area contributed by atoms with E-state index in [0.29, 0.717) is 5.19 Å². The molecule has 0 aliphatic rings. The molecule has 0 aliphatic carbocycles. The standard InChI is InChI=1S/C15H19NOS/c1-10-6-7-11(15(2,3)4)8-12(10)13-9-18-14(16-13)17-5/h6-9H,1-5H3. The van der Waals surface area contributed by atoms with Crippen molar-refractivity contribution in [3.8, 4) is 16.5 Å². The lowest BCUT2D eigenvalue weighted by molar-refractivity contribution is 0.412. The Morgan fingerprint density at radius 3 is 2.50 bits per heavy atom. The number of aromatic nitrogens is 1. The van der Waals surface area contributed by atoms with Crippen LogP contribution in [0.4, 0.5) is 0 Å². The number of nitrogens with zero attached hydrogens (tertiary/aromatic N) is 1. The summed E-state index contributed by atoms with van der Waals surface area (Å²) in [5, 5.41) is 2.76. The molecule has 2 rings (SSSR count). The molecule has 0 saturated carbocycles. The van der Waals surface area contributed by atoms with Gasteiger partial charge in [-0.25, -0.2) is 4.98 Å². The smallest absolute Gasteiger partial charge is 0.273 e. The van der Waals surface area contributed by atoms with Gasteiger partial charge in [0.2, 0.25) is 0 Å². The molecule has 0 spiro atoms. The van der Waals surface area contributed by atoms with Crippen LogP contribution in [-0.4, -0.2) is 12.1 Å². The van der Waals surface area contributed by atoms with Gasteiger partial charge in [-0.3, -0.25) is 0 Å². The molecule has 0 saturated heterocycles. The van der Waals surface area contributed by atoms with E-state index in [2.05, 4.69) is 50.9 Å². The number of aryl methyl sites for hydroxylation is 1. The van der Waals surface area contributed by atoms with Crippen LogP contribution in [0.1, 0.15) is 31.9 Å². The van der Waals surface area contributed by atoms with E-state index in [0.717, 1.165) is 5.69 Å². The maximum atomic E-state index is 5.16. The van der Waals surface area contributed by atoms with Crippen LogP contribution in [0, 0.1) is 6.92 Å². The van der Waals surface area contributed by atoms with Crippen LogP contribution in [0.3, 0.4) is 0 Å². The van der Waals surface area contributed by atoms with Crippen LogP contribution in [0.15, 0.2) is 23.6 Å². The van der Waals surface area contributed by atoms with Gasteiger partial charge in [-0.2, -0.15) is 0 Å². The Kier molecular flexibility index (Phi) is 3.44. The molecule has 1 aromatic heterocycles. The number of thiazole rings is 1. The first kappa shape index (κ1) is 13.1. The van der Waals surface area contributed by atoms with Crippen molar-refractivity contribution >= 4 is 11.3 Å². The van der Waals surface area contributed by atoms with Crippen molar-refractivity contribution in [1.29, 1.82) is 0 Å². The van der Waals surface area contributed by atoms with Crippen molar-refractivity contribution in [3.05, 3.63) is 34.7 Å². The predicted octanol–water partition coefficient (Wildman–Crippen LogP) is 4.42. The van der Waals surface area contributed by atoms with Crippen LogP contribution >= 0.6 is 11.3 Å². The van der Waals surface area contributed by atoms with Gasteiger partial charge in [0, 0.05) is 10.9 Å². The molecule has 2 nitrogen and oxygen atoms in total. The summed E-state index contributed by atoms with van der Waals surface area (Å²) in [6.45, 7) is 8.79. The van der Waals surface area contributed by atoms with Crippen LogP contribution in [0.25, 0.3) is 11.3 Å². The summed E-state index contributed by atoms with van der Waals surface area (Å²) < 4.78 is 5.16. The number of hydrogen-bond acceptors (Lipinski definition) is 3. The fourth-order valence-corrected chi connectivity index (χ4v) is 2.48. The molecule has 2 aromatic rings. The number of hydrogen-bond donors (Lipinski definition) is 0. The van der Waals surface area contributed by atoms with Crippen LogP contribution < -0.4 is 4.74 Å². The molecule has 0 unspecified atom stereocenters. The molecule has 0 amide bonds. The highest BCUT2D eigenvalue weighted by Crippen LogP contribution is 2.32. The molecule has 0 atom stereocenters. The molecular weight excluding hydrogens is 242 g/mol. The van der Waals surface area contributed by atoms with E-state index < -0.39 is 0 Å². The van der Waals surface area contributed by atoms with Crippen molar-refractivity contribution < 1.29 is 4.74 Å². The maximum absolute atomic E-state index is 5.16. The van der Waals surface area contributed by atoms with Crippen molar-refractivity contribution in [2.45, 2.75) is 33.1 Å². The van der Waals surface area contributed by atoms with Gasteiger partial charge < -0.3 is 4.74 Å². The van der Waals surface area contributed by atoms with Gasteiger partial charge >= 0.3 is 0 Å². The minimum atomic E-state index is 0.155. The summed E-state index contributed by atoms with van der Waals surface area (Å²) in [5.74, 6) is 0. The lowest BCUT2D eigenvalue weighted by Crippen LogP contribution is -2.11. The largest absolute Gasteiger partial charge is 0.473 e. The lowest BCUT2D eigenvalue weighted by atomic mass is 9.85. The Bertz CT molecular complexity index is 552. The zero-order valence-electron chi connectivity index (χ0n) is 11.6. The topological polar surface area (TPSA) is 22.1 Å². The zero-order valence-corrected chi connectivity index (χ0v) is 12.4. The lowest BCUT2D eigenvalue weighted by Gasteiger charge is -2.20. The third kappa shape index (κ3) is 2.56. The molecule has 1 heterocycles. The van der Waals surface area contributed by atoms with Crippen molar-refractivity contribution in [1.82, 2.24) is 4.98 Å². The quantitative estimate of drug-likeness (QED) is 0.798.